The first kappa shape index (κ1) is 11.3. The molecule has 96 valence electrons. The fourth-order valence-electron chi connectivity index (χ4n) is 3.57. The van der Waals surface area contributed by atoms with Gasteiger partial charge >= 0.3 is 6.03 Å². The lowest BCUT2D eigenvalue weighted by Gasteiger charge is -2.37. The third-order valence-corrected chi connectivity index (χ3v) is 4.43. The van der Waals surface area contributed by atoms with E-state index >= 15 is 0 Å². The van der Waals surface area contributed by atoms with Gasteiger partial charge in [-0.3, -0.25) is 4.90 Å². The minimum absolute atomic E-state index is 0.0781. The maximum absolute atomic E-state index is 11.4. The van der Waals surface area contributed by atoms with E-state index in [1.807, 2.05) is 4.90 Å². The summed E-state index contributed by atoms with van der Waals surface area (Å²) in [6.07, 6.45) is 4.17. The molecular weight excluding hydrogens is 218 g/mol. The maximum atomic E-state index is 11.4. The van der Waals surface area contributed by atoms with E-state index in [0.29, 0.717) is 12.1 Å². The number of nitrogens with one attached hydrogen (secondary N) is 1. The van der Waals surface area contributed by atoms with Crippen molar-refractivity contribution in [2.45, 2.75) is 43.9 Å². The van der Waals surface area contributed by atoms with Crippen LogP contribution in [0.3, 0.4) is 0 Å². The molecule has 3 fully saturated rings. The van der Waals surface area contributed by atoms with Crippen LogP contribution in [0.5, 0.6) is 0 Å². The van der Waals surface area contributed by atoms with Crippen LogP contribution < -0.4 is 5.32 Å². The van der Waals surface area contributed by atoms with Crippen molar-refractivity contribution in [1.29, 1.82) is 0 Å². The Labute approximate surface area is 102 Å². The largest absolute Gasteiger partial charge is 0.393 e. The molecule has 3 aliphatic heterocycles. The number of amides is 2. The summed E-state index contributed by atoms with van der Waals surface area (Å²) in [5.41, 5.74) is 0. The molecule has 2 unspecified atom stereocenters. The van der Waals surface area contributed by atoms with Crippen LogP contribution in [-0.4, -0.2) is 65.3 Å². The van der Waals surface area contributed by atoms with E-state index in [2.05, 4.69) is 10.2 Å². The molecule has 17 heavy (non-hydrogen) atoms. The lowest BCUT2D eigenvalue weighted by atomic mass is 10.00. The van der Waals surface area contributed by atoms with E-state index in [1.54, 1.807) is 0 Å². The van der Waals surface area contributed by atoms with Crippen LogP contribution in [0.2, 0.25) is 0 Å². The van der Waals surface area contributed by atoms with Crippen LogP contribution in [-0.2, 0) is 0 Å². The summed E-state index contributed by atoms with van der Waals surface area (Å²) in [5.74, 6) is 0. The first-order valence-corrected chi connectivity index (χ1v) is 6.70. The van der Waals surface area contributed by atoms with Gasteiger partial charge in [-0.25, -0.2) is 4.79 Å². The second-order valence-corrected chi connectivity index (χ2v) is 5.47. The highest BCUT2D eigenvalue weighted by Crippen LogP contribution is 2.35. The van der Waals surface area contributed by atoms with E-state index in [1.165, 1.54) is 12.8 Å². The molecule has 0 spiro atoms. The Balaban J connectivity index is 1.54. The number of rotatable bonds is 3. The summed E-state index contributed by atoms with van der Waals surface area (Å²) in [6.45, 7) is 3.42. The lowest BCUT2D eigenvalue weighted by Crippen LogP contribution is -2.48. The molecule has 0 radical (unpaired) electrons. The zero-order valence-corrected chi connectivity index (χ0v) is 10.1. The smallest absolute Gasteiger partial charge is 0.317 e. The van der Waals surface area contributed by atoms with Gasteiger partial charge in [0.2, 0.25) is 0 Å². The van der Waals surface area contributed by atoms with Crippen LogP contribution >= 0.6 is 0 Å². The second-order valence-electron chi connectivity index (χ2n) is 5.47. The SMILES string of the molecule is O=C1NCCN1CCN1C2CCC1CC(O)C2. The molecule has 0 aliphatic carbocycles. The zero-order chi connectivity index (χ0) is 11.8. The van der Waals surface area contributed by atoms with Crippen LogP contribution in [0.25, 0.3) is 0 Å². The average Bonchev–Trinajstić information content (AvgIpc) is 2.79. The van der Waals surface area contributed by atoms with Crippen molar-refractivity contribution in [2.24, 2.45) is 0 Å². The van der Waals surface area contributed by atoms with Gasteiger partial charge in [0.25, 0.3) is 0 Å². The molecule has 3 aliphatic rings. The summed E-state index contributed by atoms with van der Waals surface area (Å²) in [5, 5.41) is 12.6. The van der Waals surface area contributed by atoms with E-state index in [0.717, 1.165) is 39.0 Å². The Morgan fingerprint density at radius 3 is 2.53 bits per heavy atom. The van der Waals surface area contributed by atoms with Gasteiger partial charge in [-0.05, 0) is 25.7 Å². The van der Waals surface area contributed by atoms with E-state index in [4.69, 9.17) is 0 Å². The third kappa shape index (κ3) is 2.13. The highest BCUT2D eigenvalue weighted by Gasteiger charge is 2.40. The quantitative estimate of drug-likeness (QED) is 0.729. The molecule has 0 aromatic heterocycles. The van der Waals surface area contributed by atoms with Crippen LogP contribution in [0.4, 0.5) is 4.79 Å². The van der Waals surface area contributed by atoms with Crippen molar-refractivity contribution in [1.82, 2.24) is 15.1 Å². The molecule has 2 atom stereocenters. The number of nitrogens with zero attached hydrogens (tertiary/aromatic N) is 2. The fraction of sp³-hybridized carbons (Fsp3) is 0.917. The predicted molar refractivity (Wildman–Crippen MR) is 63.7 cm³/mol. The summed E-state index contributed by atoms with van der Waals surface area (Å²) >= 11 is 0. The number of fused-ring (bicyclic) bond motifs is 2. The second kappa shape index (κ2) is 4.46. The Hall–Kier alpha value is -0.810. The van der Waals surface area contributed by atoms with Gasteiger partial charge in [-0.15, -0.1) is 0 Å². The topological polar surface area (TPSA) is 55.8 Å². The molecule has 3 rings (SSSR count). The molecule has 5 heteroatoms. The molecule has 0 aromatic carbocycles. The van der Waals surface area contributed by atoms with Gasteiger partial charge in [0.1, 0.15) is 0 Å². The molecule has 2 amide bonds. The number of aliphatic hydroxyl groups excluding tert-OH is 1. The third-order valence-electron chi connectivity index (χ3n) is 4.43. The molecule has 3 saturated heterocycles. The van der Waals surface area contributed by atoms with E-state index in [9.17, 15) is 9.90 Å². The number of aliphatic hydroxyl groups is 1. The Morgan fingerprint density at radius 2 is 1.94 bits per heavy atom. The Morgan fingerprint density at radius 1 is 1.24 bits per heavy atom. The van der Waals surface area contributed by atoms with Gasteiger partial charge in [0.05, 0.1) is 6.10 Å². The summed E-state index contributed by atoms with van der Waals surface area (Å²) < 4.78 is 0. The number of carbonyl (C=O) groups is 1. The molecule has 0 saturated carbocycles. The first-order chi connectivity index (χ1) is 8.24. The first-order valence-electron chi connectivity index (χ1n) is 6.70. The van der Waals surface area contributed by atoms with Crippen molar-refractivity contribution in [3.63, 3.8) is 0 Å². The van der Waals surface area contributed by atoms with Gasteiger partial charge in [0, 0.05) is 38.3 Å². The summed E-state index contributed by atoms with van der Waals surface area (Å²) in [6, 6.07) is 1.18. The lowest BCUT2D eigenvalue weighted by molar-refractivity contribution is 0.0327. The number of urea groups is 1. The van der Waals surface area contributed by atoms with Gasteiger partial charge in [-0.2, -0.15) is 0 Å². The van der Waals surface area contributed by atoms with Crippen LogP contribution in [0, 0.1) is 0 Å². The minimum Gasteiger partial charge on any atom is -0.393 e. The standard InChI is InChI=1S/C12H21N3O2/c16-11-7-9-1-2-10(8-11)15(9)6-5-14-4-3-13-12(14)17/h9-11,16H,1-8H2,(H,13,17). The molecule has 5 nitrogen and oxygen atoms in total. The van der Waals surface area contributed by atoms with Crippen LogP contribution in [0.1, 0.15) is 25.7 Å². The van der Waals surface area contributed by atoms with E-state index < -0.39 is 0 Å². The minimum atomic E-state index is -0.0983. The monoisotopic (exact) mass is 239 g/mol. The van der Waals surface area contributed by atoms with Crippen molar-refractivity contribution < 1.29 is 9.90 Å². The van der Waals surface area contributed by atoms with Gasteiger partial charge < -0.3 is 15.3 Å². The molecule has 3 heterocycles. The van der Waals surface area contributed by atoms with E-state index in [-0.39, 0.29) is 12.1 Å². The highest BCUT2D eigenvalue weighted by atomic mass is 16.3. The maximum Gasteiger partial charge on any atom is 0.317 e. The Bertz CT molecular complexity index is 296. The number of hydrogen-bond donors (Lipinski definition) is 2. The normalized spacial score (nSPS) is 37.6. The Kier molecular flexibility index (Phi) is 2.96. The van der Waals surface area contributed by atoms with Crippen molar-refractivity contribution >= 4 is 6.03 Å². The van der Waals surface area contributed by atoms with Crippen molar-refractivity contribution in [3.05, 3.63) is 0 Å². The zero-order valence-electron chi connectivity index (χ0n) is 10.1. The van der Waals surface area contributed by atoms with Crippen molar-refractivity contribution in [3.8, 4) is 0 Å². The predicted octanol–water partition coefficient (Wildman–Crippen LogP) is -0.000700. The molecule has 0 aromatic rings. The average molecular weight is 239 g/mol. The summed E-state index contributed by atoms with van der Waals surface area (Å²) in [4.78, 5) is 15.8. The molecule has 2 bridgehead atoms. The number of piperidine rings is 1. The molecule has 2 N–H and O–H groups in total. The fourth-order valence-corrected chi connectivity index (χ4v) is 3.57. The van der Waals surface area contributed by atoms with Crippen molar-refractivity contribution in [2.75, 3.05) is 26.2 Å². The molecular formula is C12H21N3O2. The number of hydrogen-bond acceptors (Lipinski definition) is 3. The highest BCUT2D eigenvalue weighted by molar-refractivity contribution is 5.76. The van der Waals surface area contributed by atoms with Gasteiger partial charge in [-0.1, -0.05) is 0 Å². The summed E-state index contributed by atoms with van der Waals surface area (Å²) in [7, 11) is 0. The van der Waals surface area contributed by atoms with Crippen LogP contribution in [0.15, 0.2) is 0 Å². The number of carbonyl (C=O) groups excluding carboxylic acids is 1. The van der Waals surface area contributed by atoms with Gasteiger partial charge in [0.15, 0.2) is 0 Å².